The van der Waals surface area contributed by atoms with Crippen molar-refractivity contribution in [2.75, 3.05) is 13.2 Å². The first-order valence-corrected chi connectivity index (χ1v) is 5.84. The number of nitrogens with one attached hydrogen (secondary N) is 1. The minimum Gasteiger partial charge on any atom is -0.391 e. The lowest BCUT2D eigenvalue weighted by molar-refractivity contribution is -0.0185. The quantitative estimate of drug-likeness (QED) is 0.812. The van der Waals surface area contributed by atoms with Gasteiger partial charge in [-0.3, -0.25) is 0 Å². The van der Waals surface area contributed by atoms with Crippen molar-refractivity contribution in [1.82, 2.24) is 5.32 Å². The van der Waals surface area contributed by atoms with Crippen LogP contribution in [0.4, 0.5) is 0 Å². The Morgan fingerprint density at radius 3 is 2.81 bits per heavy atom. The predicted molar refractivity (Wildman–Crippen MR) is 63.2 cm³/mol. The summed E-state index contributed by atoms with van der Waals surface area (Å²) in [7, 11) is 0. The Kier molecular flexibility index (Phi) is 3.93. The highest BCUT2D eigenvalue weighted by molar-refractivity contribution is 5.18. The lowest BCUT2D eigenvalue weighted by Gasteiger charge is -2.31. The van der Waals surface area contributed by atoms with Crippen LogP contribution in [-0.4, -0.2) is 30.5 Å². The van der Waals surface area contributed by atoms with Gasteiger partial charge in [0.2, 0.25) is 0 Å². The van der Waals surface area contributed by atoms with Crippen LogP contribution in [0, 0.1) is 0 Å². The molecule has 1 unspecified atom stereocenters. The van der Waals surface area contributed by atoms with E-state index >= 15 is 0 Å². The molecule has 0 bridgehead atoms. The Labute approximate surface area is 96.4 Å². The molecule has 0 amide bonds. The summed E-state index contributed by atoms with van der Waals surface area (Å²) in [6.45, 7) is 3.37. The molecule has 1 saturated heterocycles. The van der Waals surface area contributed by atoms with Gasteiger partial charge in [-0.05, 0) is 18.9 Å². The number of hydrogen-bond donors (Lipinski definition) is 2. The van der Waals surface area contributed by atoms with Crippen LogP contribution in [0.25, 0.3) is 0 Å². The maximum Gasteiger partial charge on any atom is 0.0737 e. The first-order valence-electron chi connectivity index (χ1n) is 5.84. The summed E-state index contributed by atoms with van der Waals surface area (Å²) in [4.78, 5) is 0. The van der Waals surface area contributed by atoms with Crippen molar-refractivity contribution in [1.29, 1.82) is 0 Å². The second kappa shape index (κ2) is 5.43. The minimum atomic E-state index is -0.292. The second-order valence-electron chi connectivity index (χ2n) is 4.34. The van der Waals surface area contributed by atoms with E-state index in [1.807, 2.05) is 18.2 Å². The largest absolute Gasteiger partial charge is 0.391 e. The van der Waals surface area contributed by atoms with Crippen molar-refractivity contribution >= 4 is 0 Å². The molecule has 1 fully saturated rings. The highest BCUT2D eigenvalue weighted by atomic mass is 16.5. The zero-order chi connectivity index (χ0) is 11.4. The smallest absolute Gasteiger partial charge is 0.0737 e. The molecule has 16 heavy (non-hydrogen) atoms. The molecule has 0 radical (unpaired) electrons. The summed E-state index contributed by atoms with van der Waals surface area (Å²) in [5.74, 6) is 0. The summed E-state index contributed by atoms with van der Waals surface area (Å²) < 4.78 is 5.37. The van der Waals surface area contributed by atoms with Gasteiger partial charge in [0.05, 0.1) is 18.8 Å². The zero-order valence-electron chi connectivity index (χ0n) is 9.60. The Morgan fingerprint density at radius 2 is 2.12 bits per heavy atom. The van der Waals surface area contributed by atoms with E-state index < -0.39 is 0 Å². The average Bonchev–Trinajstić information content (AvgIpc) is 2.33. The molecule has 3 nitrogen and oxygen atoms in total. The molecule has 3 heteroatoms. The standard InChI is InChI=1S/C13H19NO2/c1-10(11-5-3-2-4-6-11)14-12-9-16-8-7-13(12)15/h2-6,10,12-15H,7-9H2,1H3/t10?,12-,13-/m1/s1. The minimum absolute atomic E-state index is 0.0453. The first-order chi connectivity index (χ1) is 7.77. The summed E-state index contributed by atoms with van der Waals surface area (Å²) in [5.41, 5.74) is 1.24. The highest BCUT2D eigenvalue weighted by Crippen LogP contribution is 2.15. The molecule has 1 aromatic rings. The number of aliphatic hydroxyl groups excluding tert-OH is 1. The van der Waals surface area contributed by atoms with Gasteiger partial charge in [-0.25, -0.2) is 0 Å². The average molecular weight is 221 g/mol. The third-order valence-corrected chi connectivity index (χ3v) is 3.08. The van der Waals surface area contributed by atoms with Gasteiger partial charge in [0.1, 0.15) is 0 Å². The lowest BCUT2D eigenvalue weighted by Crippen LogP contribution is -2.47. The monoisotopic (exact) mass is 221 g/mol. The topological polar surface area (TPSA) is 41.5 Å². The van der Waals surface area contributed by atoms with Crippen LogP contribution in [0.2, 0.25) is 0 Å². The van der Waals surface area contributed by atoms with Crippen molar-refractivity contribution in [2.24, 2.45) is 0 Å². The summed E-state index contributed by atoms with van der Waals surface area (Å²) >= 11 is 0. The molecular formula is C13H19NO2. The molecule has 1 aliphatic heterocycles. The van der Waals surface area contributed by atoms with Gasteiger partial charge in [0, 0.05) is 12.6 Å². The van der Waals surface area contributed by atoms with Crippen LogP contribution in [0.1, 0.15) is 24.9 Å². The fourth-order valence-corrected chi connectivity index (χ4v) is 2.04. The molecule has 2 N–H and O–H groups in total. The molecule has 0 spiro atoms. The van der Waals surface area contributed by atoms with E-state index in [1.54, 1.807) is 0 Å². The first kappa shape index (κ1) is 11.6. The van der Waals surface area contributed by atoms with E-state index in [4.69, 9.17) is 4.74 Å². The summed E-state index contributed by atoms with van der Waals surface area (Å²) in [6.07, 6.45) is 0.430. The van der Waals surface area contributed by atoms with Gasteiger partial charge < -0.3 is 15.2 Å². The predicted octanol–water partition coefficient (Wildman–Crippen LogP) is 1.49. The van der Waals surface area contributed by atoms with E-state index in [2.05, 4.69) is 24.4 Å². The molecule has 2 rings (SSSR count). The van der Waals surface area contributed by atoms with Crippen LogP contribution in [0.15, 0.2) is 30.3 Å². The SMILES string of the molecule is CC(N[C@@H]1COCC[C@H]1O)c1ccccc1. The molecule has 1 heterocycles. The van der Waals surface area contributed by atoms with Gasteiger partial charge in [-0.1, -0.05) is 30.3 Å². The molecule has 1 aliphatic rings. The number of aliphatic hydroxyl groups is 1. The van der Waals surface area contributed by atoms with E-state index in [0.29, 0.717) is 13.2 Å². The van der Waals surface area contributed by atoms with Gasteiger partial charge in [-0.2, -0.15) is 0 Å². The molecule has 0 aromatic heterocycles. The van der Waals surface area contributed by atoms with Crippen molar-refractivity contribution in [3.8, 4) is 0 Å². The number of hydrogen-bond acceptors (Lipinski definition) is 3. The number of benzene rings is 1. The van der Waals surface area contributed by atoms with Crippen LogP contribution < -0.4 is 5.32 Å². The van der Waals surface area contributed by atoms with Crippen molar-refractivity contribution in [3.63, 3.8) is 0 Å². The normalized spacial score (nSPS) is 27.6. The van der Waals surface area contributed by atoms with E-state index in [0.717, 1.165) is 6.42 Å². The van der Waals surface area contributed by atoms with Gasteiger partial charge in [0.15, 0.2) is 0 Å². The van der Waals surface area contributed by atoms with Crippen LogP contribution in [0.5, 0.6) is 0 Å². The lowest BCUT2D eigenvalue weighted by atomic mass is 10.0. The Morgan fingerprint density at radius 1 is 1.38 bits per heavy atom. The van der Waals surface area contributed by atoms with Gasteiger partial charge >= 0.3 is 0 Å². The Bertz CT molecular complexity index is 315. The van der Waals surface area contributed by atoms with Crippen molar-refractivity contribution in [3.05, 3.63) is 35.9 Å². The third kappa shape index (κ3) is 2.82. The second-order valence-corrected chi connectivity index (χ2v) is 4.34. The fraction of sp³-hybridized carbons (Fsp3) is 0.538. The summed E-state index contributed by atoms with van der Waals surface area (Å²) in [6, 6.07) is 10.5. The van der Waals surface area contributed by atoms with Crippen molar-refractivity contribution in [2.45, 2.75) is 31.5 Å². The maximum absolute atomic E-state index is 9.82. The molecule has 1 aromatic carbocycles. The van der Waals surface area contributed by atoms with Crippen LogP contribution in [-0.2, 0) is 4.74 Å². The van der Waals surface area contributed by atoms with E-state index in [-0.39, 0.29) is 18.2 Å². The van der Waals surface area contributed by atoms with Crippen LogP contribution in [0.3, 0.4) is 0 Å². The van der Waals surface area contributed by atoms with Gasteiger partial charge in [0.25, 0.3) is 0 Å². The summed E-state index contributed by atoms with van der Waals surface area (Å²) in [5, 5.41) is 13.2. The number of ether oxygens (including phenoxy) is 1. The van der Waals surface area contributed by atoms with Gasteiger partial charge in [-0.15, -0.1) is 0 Å². The molecule has 88 valence electrons. The molecular weight excluding hydrogens is 202 g/mol. The van der Waals surface area contributed by atoms with Crippen molar-refractivity contribution < 1.29 is 9.84 Å². The Balaban J connectivity index is 1.94. The van der Waals surface area contributed by atoms with Crippen LogP contribution >= 0.6 is 0 Å². The molecule has 3 atom stereocenters. The molecule has 0 saturated carbocycles. The Hall–Kier alpha value is -0.900. The zero-order valence-corrected chi connectivity index (χ0v) is 9.60. The molecule has 0 aliphatic carbocycles. The maximum atomic E-state index is 9.82. The third-order valence-electron chi connectivity index (χ3n) is 3.08. The van der Waals surface area contributed by atoms with E-state index in [1.165, 1.54) is 5.56 Å². The number of rotatable bonds is 3. The van der Waals surface area contributed by atoms with E-state index in [9.17, 15) is 5.11 Å². The highest BCUT2D eigenvalue weighted by Gasteiger charge is 2.24. The fourth-order valence-electron chi connectivity index (χ4n) is 2.04.